The lowest BCUT2D eigenvalue weighted by atomic mass is 10.3. The summed E-state index contributed by atoms with van der Waals surface area (Å²) in [6.45, 7) is 3.53. The Labute approximate surface area is 69.8 Å². The van der Waals surface area contributed by atoms with Crippen molar-refractivity contribution >= 4 is 6.16 Å². The molecule has 0 radical (unpaired) electrons. The number of hydrogen-bond donors (Lipinski definition) is 1. The monoisotopic (exact) mass is 167 g/mol. The molecule has 0 fully saturated rings. The van der Waals surface area contributed by atoms with E-state index in [2.05, 4.69) is 9.72 Å². The van der Waals surface area contributed by atoms with Gasteiger partial charge in [-0.3, -0.25) is 4.98 Å². The fourth-order valence-corrected chi connectivity index (χ4v) is 0.876. The molecule has 4 nitrogen and oxygen atoms in total. The van der Waals surface area contributed by atoms with E-state index in [9.17, 15) is 4.79 Å². The number of pyridine rings is 1. The fourth-order valence-electron chi connectivity index (χ4n) is 0.876. The topological polar surface area (TPSA) is 59.4 Å². The summed E-state index contributed by atoms with van der Waals surface area (Å²) in [5.74, 6) is 0.285. The van der Waals surface area contributed by atoms with Gasteiger partial charge in [0, 0.05) is 5.69 Å². The van der Waals surface area contributed by atoms with E-state index in [-0.39, 0.29) is 5.75 Å². The third-order valence-electron chi connectivity index (χ3n) is 1.37. The Balaban J connectivity index is 2.93. The summed E-state index contributed by atoms with van der Waals surface area (Å²) >= 11 is 0. The van der Waals surface area contributed by atoms with Crippen LogP contribution in [0.1, 0.15) is 11.4 Å². The van der Waals surface area contributed by atoms with Crippen molar-refractivity contribution in [2.75, 3.05) is 0 Å². The molecule has 0 aliphatic carbocycles. The molecule has 0 atom stereocenters. The molecular weight excluding hydrogens is 158 g/mol. The molecule has 0 spiro atoms. The van der Waals surface area contributed by atoms with Gasteiger partial charge in [-0.15, -0.1) is 0 Å². The van der Waals surface area contributed by atoms with Crippen molar-refractivity contribution in [1.82, 2.24) is 4.98 Å². The highest BCUT2D eigenvalue weighted by atomic mass is 16.7. The summed E-state index contributed by atoms with van der Waals surface area (Å²) in [5, 5.41) is 8.31. The zero-order chi connectivity index (χ0) is 9.14. The van der Waals surface area contributed by atoms with Crippen LogP contribution in [0, 0.1) is 13.8 Å². The number of rotatable bonds is 1. The molecule has 64 valence electrons. The third-order valence-corrected chi connectivity index (χ3v) is 1.37. The molecule has 0 aliphatic heterocycles. The molecule has 0 saturated carbocycles. The Kier molecular flexibility index (Phi) is 2.28. The molecule has 0 saturated heterocycles. The zero-order valence-corrected chi connectivity index (χ0v) is 6.87. The van der Waals surface area contributed by atoms with Gasteiger partial charge >= 0.3 is 6.16 Å². The van der Waals surface area contributed by atoms with E-state index in [1.165, 1.54) is 0 Å². The van der Waals surface area contributed by atoms with Crippen LogP contribution in [0.5, 0.6) is 5.75 Å². The minimum absolute atomic E-state index is 0.285. The molecule has 0 amide bonds. The molecule has 0 unspecified atom stereocenters. The Morgan fingerprint density at radius 3 is 2.67 bits per heavy atom. The molecule has 1 aromatic heterocycles. The van der Waals surface area contributed by atoms with Crippen LogP contribution in [-0.4, -0.2) is 16.2 Å². The summed E-state index contributed by atoms with van der Waals surface area (Å²) in [6.07, 6.45) is -1.32. The maximum atomic E-state index is 10.2. The first-order chi connectivity index (χ1) is 5.59. The van der Waals surface area contributed by atoms with Crippen molar-refractivity contribution in [3.63, 3.8) is 0 Å². The molecule has 1 N–H and O–H groups in total. The van der Waals surface area contributed by atoms with Crippen molar-refractivity contribution in [2.45, 2.75) is 13.8 Å². The molecule has 1 heterocycles. The lowest BCUT2D eigenvalue weighted by Gasteiger charge is -2.02. The van der Waals surface area contributed by atoms with E-state index >= 15 is 0 Å². The second kappa shape index (κ2) is 3.21. The fraction of sp³-hybridized carbons (Fsp3) is 0.250. The number of carboxylic acid groups (broad SMARTS) is 1. The number of ether oxygens (including phenoxy) is 1. The van der Waals surface area contributed by atoms with Gasteiger partial charge < -0.3 is 9.84 Å². The summed E-state index contributed by atoms with van der Waals surface area (Å²) in [7, 11) is 0. The average Bonchev–Trinajstić information content (AvgIpc) is 1.94. The summed E-state index contributed by atoms with van der Waals surface area (Å²) in [6, 6.07) is 3.29. The number of carbonyl (C=O) groups is 1. The average molecular weight is 167 g/mol. The zero-order valence-electron chi connectivity index (χ0n) is 6.87. The minimum atomic E-state index is -1.32. The second-order valence-electron chi connectivity index (χ2n) is 2.40. The van der Waals surface area contributed by atoms with Gasteiger partial charge in [-0.1, -0.05) is 0 Å². The van der Waals surface area contributed by atoms with E-state index in [1.54, 1.807) is 19.1 Å². The van der Waals surface area contributed by atoms with Gasteiger partial charge in [-0.25, -0.2) is 4.79 Å². The normalized spacial score (nSPS) is 9.50. The van der Waals surface area contributed by atoms with Gasteiger partial charge in [-0.05, 0) is 26.0 Å². The van der Waals surface area contributed by atoms with Gasteiger partial charge in [-0.2, -0.15) is 0 Å². The Hall–Kier alpha value is -1.58. The third kappa shape index (κ3) is 1.95. The van der Waals surface area contributed by atoms with Gasteiger partial charge in [0.05, 0.1) is 5.69 Å². The minimum Gasteiger partial charge on any atom is -0.449 e. The highest BCUT2D eigenvalue weighted by molar-refractivity contribution is 5.61. The van der Waals surface area contributed by atoms with Crippen molar-refractivity contribution in [3.05, 3.63) is 23.5 Å². The summed E-state index contributed by atoms with van der Waals surface area (Å²) in [4.78, 5) is 14.2. The Morgan fingerprint density at radius 2 is 2.17 bits per heavy atom. The van der Waals surface area contributed by atoms with Crippen molar-refractivity contribution in [1.29, 1.82) is 0 Å². The number of nitrogens with zero attached hydrogens (tertiary/aromatic N) is 1. The van der Waals surface area contributed by atoms with Gasteiger partial charge in [0.15, 0.2) is 5.75 Å². The number of aryl methyl sites for hydroxylation is 2. The first-order valence-electron chi connectivity index (χ1n) is 3.44. The lowest BCUT2D eigenvalue weighted by molar-refractivity contribution is 0.144. The quantitative estimate of drug-likeness (QED) is 0.647. The number of hydrogen-bond acceptors (Lipinski definition) is 3. The van der Waals surface area contributed by atoms with Gasteiger partial charge in [0.2, 0.25) is 0 Å². The van der Waals surface area contributed by atoms with Crippen LogP contribution in [0.2, 0.25) is 0 Å². The largest absolute Gasteiger partial charge is 0.511 e. The number of aromatic nitrogens is 1. The Morgan fingerprint density at radius 1 is 1.50 bits per heavy atom. The van der Waals surface area contributed by atoms with Crippen LogP contribution in [-0.2, 0) is 0 Å². The molecule has 1 rings (SSSR count). The van der Waals surface area contributed by atoms with E-state index in [1.807, 2.05) is 6.92 Å². The molecule has 1 aromatic rings. The van der Waals surface area contributed by atoms with Crippen LogP contribution in [0.3, 0.4) is 0 Å². The molecule has 4 heteroatoms. The van der Waals surface area contributed by atoms with Crippen LogP contribution >= 0.6 is 0 Å². The first-order valence-corrected chi connectivity index (χ1v) is 3.44. The standard InChI is InChI=1S/C8H9NO3/c1-5-3-4-7(6(2)9-5)12-8(10)11/h3-4H,1-2H3,(H,10,11). The van der Waals surface area contributed by atoms with Crippen LogP contribution in [0.15, 0.2) is 12.1 Å². The van der Waals surface area contributed by atoms with Crippen LogP contribution < -0.4 is 4.74 Å². The van der Waals surface area contributed by atoms with Crippen molar-refractivity contribution < 1.29 is 14.6 Å². The maximum Gasteiger partial charge on any atom is 0.511 e. The predicted octanol–water partition coefficient (Wildman–Crippen LogP) is 1.76. The van der Waals surface area contributed by atoms with Crippen molar-refractivity contribution in [2.24, 2.45) is 0 Å². The Bertz CT molecular complexity index is 309. The highest BCUT2D eigenvalue weighted by Gasteiger charge is 2.04. The van der Waals surface area contributed by atoms with Gasteiger partial charge in [0.25, 0.3) is 0 Å². The molecule has 12 heavy (non-hydrogen) atoms. The van der Waals surface area contributed by atoms with Crippen LogP contribution in [0.4, 0.5) is 4.79 Å². The van der Waals surface area contributed by atoms with E-state index in [0.29, 0.717) is 5.69 Å². The summed E-state index contributed by atoms with van der Waals surface area (Å²) < 4.78 is 4.45. The molecule has 0 bridgehead atoms. The van der Waals surface area contributed by atoms with E-state index < -0.39 is 6.16 Å². The molecule has 0 aliphatic rings. The van der Waals surface area contributed by atoms with Gasteiger partial charge in [0.1, 0.15) is 0 Å². The van der Waals surface area contributed by atoms with E-state index in [0.717, 1.165) is 5.69 Å². The maximum absolute atomic E-state index is 10.2. The summed E-state index contributed by atoms with van der Waals surface area (Å²) in [5.41, 5.74) is 1.42. The highest BCUT2D eigenvalue weighted by Crippen LogP contribution is 2.15. The smallest absolute Gasteiger partial charge is 0.449 e. The predicted molar refractivity (Wildman–Crippen MR) is 42.4 cm³/mol. The second-order valence-corrected chi connectivity index (χ2v) is 2.40. The first kappa shape index (κ1) is 8.52. The lowest BCUT2D eigenvalue weighted by Crippen LogP contribution is -2.05. The van der Waals surface area contributed by atoms with Crippen molar-refractivity contribution in [3.8, 4) is 5.75 Å². The SMILES string of the molecule is Cc1ccc(OC(=O)O)c(C)n1. The van der Waals surface area contributed by atoms with Crippen LogP contribution in [0.25, 0.3) is 0 Å². The molecular formula is C8H9NO3. The van der Waals surface area contributed by atoms with E-state index in [4.69, 9.17) is 5.11 Å². The molecule has 0 aromatic carbocycles.